The van der Waals surface area contributed by atoms with Crippen LogP contribution >= 0.6 is 11.8 Å². The molecule has 2 heterocycles. The molecule has 9 heteroatoms. The quantitative estimate of drug-likeness (QED) is 0.659. The Balaban J connectivity index is 2.31. The molecule has 8 nitrogen and oxygen atoms in total. The first kappa shape index (κ1) is 12.0. The van der Waals surface area contributed by atoms with Crippen molar-refractivity contribution in [3.8, 4) is 0 Å². The van der Waals surface area contributed by atoms with Crippen LogP contribution in [0.15, 0.2) is 33.4 Å². The third kappa shape index (κ3) is 2.83. The largest absolute Gasteiger partial charge is 0.477 e. The van der Waals surface area contributed by atoms with Gasteiger partial charge in [-0.15, -0.1) is 0 Å². The Bertz CT molecular complexity index is 657. The zero-order valence-corrected chi connectivity index (χ0v) is 9.64. The summed E-state index contributed by atoms with van der Waals surface area (Å²) in [5, 5.41) is 9.12. The monoisotopic (exact) mass is 265 g/mol. The van der Waals surface area contributed by atoms with Gasteiger partial charge in [-0.3, -0.25) is 4.79 Å². The van der Waals surface area contributed by atoms with Crippen LogP contribution in [0, 0.1) is 0 Å². The van der Waals surface area contributed by atoms with Crippen molar-refractivity contribution in [1.82, 2.24) is 19.9 Å². The number of carbonyl (C=O) groups is 1. The number of aromatic amines is 1. The van der Waals surface area contributed by atoms with Crippen molar-refractivity contribution in [1.29, 1.82) is 0 Å². The molecule has 0 fully saturated rings. The van der Waals surface area contributed by atoms with Crippen LogP contribution in [0.1, 0.15) is 10.5 Å². The van der Waals surface area contributed by atoms with Gasteiger partial charge in [-0.25, -0.2) is 19.7 Å². The van der Waals surface area contributed by atoms with Crippen LogP contribution in [0.5, 0.6) is 0 Å². The van der Waals surface area contributed by atoms with Crippen LogP contribution in [0.2, 0.25) is 0 Å². The molecule has 0 radical (unpaired) electrons. The first-order chi connectivity index (χ1) is 8.54. The number of aromatic carboxylic acids is 1. The maximum Gasteiger partial charge on any atom is 0.354 e. The van der Waals surface area contributed by atoms with Gasteiger partial charge in [0.05, 0.1) is 0 Å². The lowest BCUT2D eigenvalue weighted by Gasteiger charge is -2.00. The van der Waals surface area contributed by atoms with Gasteiger partial charge in [-0.05, 0) is 17.8 Å². The molecule has 0 spiro atoms. The van der Waals surface area contributed by atoms with Gasteiger partial charge in [-0.2, -0.15) is 0 Å². The number of nitrogen functional groups attached to an aromatic ring is 1. The van der Waals surface area contributed by atoms with Crippen molar-refractivity contribution in [3.05, 3.63) is 34.4 Å². The maximum absolute atomic E-state index is 11.2. The Morgan fingerprint density at radius 3 is 2.89 bits per heavy atom. The van der Waals surface area contributed by atoms with E-state index in [1.54, 1.807) is 0 Å². The van der Waals surface area contributed by atoms with Gasteiger partial charge in [0.15, 0.2) is 16.0 Å². The number of carboxylic acid groups (broad SMARTS) is 1. The van der Waals surface area contributed by atoms with Crippen LogP contribution in [0.3, 0.4) is 0 Å². The van der Waals surface area contributed by atoms with Crippen LogP contribution in [-0.2, 0) is 0 Å². The maximum atomic E-state index is 11.2. The van der Waals surface area contributed by atoms with E-state index in [1.165, 1.54) is 12.3 Å². The van der Waals surface area contributed by atoms with E-state index in [0.717, 1.165) is 17.8 Å². The number of H-pyrrole nitrogens is 1. The molecule has 0 amide bonds. The minimum absolute atomic E-state index is 0.0654. The van der Waals surface area contributed by atoms with E-state index in [1.807, 2.05) is 0 Å². The average Bonchev–Trinajstić information content (AvgIpc) is 2.27. The molecule has 0 atom stereocenters. The van der Waals surface area contributed by atoms with E-state index < -0.39 is 11.5 Å². The molecular weight excluding hydrogens is 258 g/mol. The second-order valence-electron chi connectivity index (χ2n) is 3.11. The van der Waals surface area contributed by atoms with Gasteiger partial charge in [0, 0.05) is 12.3 Å². The lowest BCUT2D eigenvalue weighted by Crippen LogP contribution is -2.09. The number of hydrogen-bond donors (Lipinski definition) is 3. The third-order valence-electron chi connectivity index (χ3n) is 1.78. The minimum atomic E-state index is -1.16. The molecule has 0 aliphatic rings. The van der Waals surface area contributed by atoms with Crippen LogP contribution in [0.25, 0.3) is 0 Å². The summed E-state index contributed by atoms with van der Waals surface area (Å²) in [6.45, 7) is 0. The zero-order valence-electron chi connectivity index (χ0n) is 8.82. The predicted octanol–water partition coefficient (Wildman–Crippen LogP) is -0.00850. The van der Waals surface area contributed by atoms with E-state index in [0.29, 0.717) is 0 Å². The van der Waals surface area contributed by atoms with Gasteiger partial charge in [0.1, 0.15) is 5.82 Å². The first-order valence-electron chi connectivity index (χ1n) is 4.65. The number of nitrogens with two attached hydrogens (primary N) is 1. The molecule has 0 saturated carbocycles. The molecular formula is C9H7N5O3S. The summed E-state index contributed by atoms with van der Waals surface area (Å²) in [5.41, 5.74) is 4.87. The molecule has 2 rings (SSSR count). The number of hydrogen-bond acceptors (Lipinski definition) is 7. The number of nitrogens with one attached hydrogen (secondary N) is 1. The standard InChI is InChI=1S/C9H7N5O3S/c10-5-3-6(15)14-9(13-5)18-8-11-2-1-4(12-8)7(16)17/h1-3H,(H,16,17)(H3,10,13,14,15). The predicted molar refractivity (Wildman–Crippen MR) is 62.4 cm³/mol. The molecule has 0 aromatic carbocycles. The van der Waals surface area contributed by atoms with E-state index in [2.05, 4.69) is 19.9 Å². The van der Waals surface area contributed by atoms with Crippen LogP contribution in [0.4, 0.5) is 5.82 Å². The zero-order chi connectivity index (χ0) is 13.1. The molecule has 0 aliphatic heterocycles. The fraction of sp³-hybridized carbons (Fsp3) is 0. The Labute approximate surface area is 104 Å². The second-order valence-corrected chi connectivity index (χ2v) is 4.06. The fourth-order valence-electron chi connectivity index (χ4n) is 1.10. The average molecular weight is 265 g/mol. The summed E-state index contributed by atoms with van der Waals surface area (Å²) in [5.74, 6) is -1.09. The highest BCUT2D eigenvalue weighted by molar-refractivity contribution is 7.99. The topological polar surface area (TPSA) is 135 Å². The van der Waals surface area contributed by atoms with Crippen molar-refractivity contribution in [2.45, 2.75) is 10.3 Å². The Morgan fingerprint density at radius 2 is 2.22 bits per heavy atom. The summed E-state index contributed by atoms with van der Waals surface area (Å²) in [6.07, 6.45) is 1.31. The van der Waals surface area contributed by atoms with Gasteiger partial charge < -0.3 is 15.8 Å². The fourth-order valence-corrected chi connectivity index (χ4v) is 1.83. The molecule has 92 valence electrons. The molecule has 0 unspecified atom stereocenters. The van der Waals surface area contributed by atoms with Crippen LogP contribution in [-0.4, -0.2) is 31.0 Å². The Hall–Kier alpha value is -2.42. The third-order valence-corrected chi connectivity index (χ3v) is 2.55. The minimum Gasteiger partial charge on any atom is -0.477 e. The van der Waals surface area contributed by atoms with Crippen molar-refractivity contribution in [2.24, 2.45) is 0 Å². The van der Waals surface area contributed by atoms with E-state index in [9.17, 15) is 9.59 Å². The van der Waals surface area contributed by atoms with Gasteiger partial charge in [-0.1, -0.05) is 0 Å². The van der Waals surface area contributed by atoms with Crippen molar-refractivity contribution < 1.29 is 9.90 Å². The smallest absolute Gasteiger partial charge is 0.354 e. The molecule has 0 aliphatic carbocycles. The SMILES string of the molecule is Nc1cc(=O)[nH]c(Sc2nccc(C(=O)O)n2)n1. The van der Waals surface area contributed by atoms with Gasteiger partial charge in [0.2, 0.25) is 0 Å². The number of rotatable bonds is 3. The van der Waals surface area contributed by atoms with E-state index >= 15 is 0 Å². The Kier molecular flexibility index (Phi) is 3.24. The molecule has 4 N–H and O–H groups in total. The second kappa shape index (κ2) is 4.84. The molecule has 2 aromatic heterocycles. The first-order valence-corrected chi connectivity index (χ1v) is 5.47. The summed E-state index contributed by atoms with van der Waals surface area (Å²) in [7, 11) is 0. The number of aromatic nitrogens is 4. The number of anilines is 1. The molecule has 2 aromatic rings. The summed E-state index contributed by atoms with van der Waals surface area (Å²) in [4.78, 5) is 35.8. The van der Waals surface area contributed by atoms with Crippen molar-refractivity contribution >= 4 is 23.5 Å². The molecule has 18 heavy (non-hydrogen) atoms. The van der Waals surface area contributed by atoms with Gasteiger partial charge >= 0.3 is 5.97 Å². The normalized spacial score (nSPS) is 10.2. The highest BCUT2D eigenvalue weighted by atomic mass is 32.2. The summed E-state index contributed by atoms with van der Waals surface area (Å²) < 4.78 is 0. The highest BCUT2D eigenvalue weighted by Gasteiger charge is 2.09. The highest BCUT2D eigenvalue weighted by Crippen LogP contribution is 2.19. The van der Waals surface area contributed by atoms with E-state index in [4.69, 9.17) is 10.8 Å². The summed E-state index contributed by atoms with van der Waals surface area (Å²) >= 11 is 0.915. The van der Waals surface area contributed by atoms with Crippen LogP contribution < -0.4 is 11.3 Å². The number of nitrogens with zero attached hydrogens (tertiary/aromatic N) is 3. The lowest BCUT2D eigenvalue weighted by atomic mass is 10.4. The van der Waals surface area contributed by atoms with Crippen molar-refractivity contribution in [2.75, 3.05) is 5.73 Å². The number of carboxylic acids is 1. The summed E-state index contributed by atoms with van der Waals surface area (Å²) in [6, 6.07) is 2.40. The van der Waals surface area contributed by atoms with Crippen molar-refractivity contribution in [3.63, 3.8) is 0 Å². The Morgan fingerprint density at radius 1 is 1.44 bits per heavy atom. The van der Waals surface area contributed by atoms with Gasteiger partial charge in [0.25, 0.3) is 5.56 Å². The van der Waals surface area contributed by atoms with E-state index in [-0.39, 0.29) is 21.8 Å². The molecule has 0 saturated heterocycles. The molecule has 0 bridgehead atoms. The lowest BCUT2D eigenvalue weighted by molar-refractivity contribution is 0.0689.